The second-order valence-electron chi connectivity index (χ2n) is 4.92. The van der Waals surface area contributed by atoms with Gasteiger partial charge in [0.2, 0.25) is 10.0 Å². The van der Waals surface area contributed by atoms with Gasteiger partial charge < -0.3 is 9.73 Å². The minimum absolute atomic E-state index is 0.0342. The number of hydrogen-bond donors (Lipinski definition) is 2. The Kier molecular flexibility index (Phi) is 3.69. The zero-order chi connectivity index (χ0) is 14.2. The van der Waals surface area contributed by atoms with Crippen LogP contribution in [0.2, 0.25) is 0 Å². The molecule has 1 aliphatic carbocycles. The van der Waals surface area contributed by atoms with Crippen molar-refractivity contribution in [3.8, 4) is 0 Å². The monoisotopic (exact) mass is 286 g/mol. The molecule has 7 heteroatoms. The van der Waals surface area contributed by atoms with Crippen molar-refractivity contribution in [1.82, 2.24) is 5.32 Å². The van der Waals surface area contributed by atoms with Gasteiger partial charge in [-0.15, -0.1) is 0 Å². The van der Waals surface area contributed by atoms with Crippen LogP contribution >= 0.6 is 0 Å². The van der Waals surface area contributed by atoms with Crippen molar-refractivity contribution in [3.63, 3.8) is 0 Å². The van der Waals surface area contributed by atoms with E-state index < -0.39 is 15.9 Å². The number of nitrogens with two attached hydrogens (primary N) is 1. The van der Waals surface area contributed by atoms with Crippen LogP contribution < -0.4 is 10.5 Å². The van der Waals surface area contributed by atoms with Crippen molar-refractivity contribution < 1.29 is 17.6 Å². The normalized spacial score (nSPS) is 16.8. The molecule has 0 spiro atoms. The largest absolute Gasteiger partial charge is 0.464 e. The molecule has 0 radical (unpaired) electrons. The Morgan fingerprint density at radius 3 is 2.37 bits per heavy atom. The topological polar surface area (TPSA) is 102 Å². The Hall–Kier alpha value is -1.34. The average Bonchev–Trinajstić information content (AvgIpc) is 2.84. The minimum Gasteiger partial charge on any atom is -0.464 e. The van der Waals surface area contributed by atoms with Crippen LogP contribution in [0.25, 0.3) is 0 Å². The number of aryl methyl sites for hydroxylation is 2. The maximum absolute atomic E-state index is 12.2. The summed E-state index contributed by atoms with van der Waals surface area (Å²) >= 11 is 0. The van der Waals surface area contributed by atoms with E-state index in [-0.39, 0.29) is 28.0 Å². The van der Waals surface area contributed by atoms with E-state index in [4.69, 9.17) is 9.56 Å². The highest BCUT2D eigenvalue weighted by molar-refractivity contribution is 7.89. The fraction of sp³-hybridized carbons (Fsp3) is 0.583. The first-order chi connectivity index (χ1) is 8.80. The molecule has 0 saturated heterocycles. The maximum Gasteiger partial charge on any atom is 0.256 e. The van der Waals surface area contributed by atoms with Gasteiger partial charge in [0.05, 0.1) is 0 Å². The summed E-state index contributed by atoms with van der Waals surface area (Å²) in [4.78, 5) is 12.0. The van der Waals surface area contributed by atoms with Gasteiger partial charge in [0.25, 0.3) is 5.91 Å². The lowest BCUT2D eigenvalue weighted by Gasteiger charge is -2.12. The molecule has 1 aromatic rings. The molecule has 1 heterocycles. The molecule has 1 aliphatic rings. The standard InChI is InChI=1S/C12H18N2O4S/c1-7-10(11(8(2)18-7)19(13,16)17)12(15)14-9-5-3-4-6-9/h9H,3-6H2,1-2H3,(H,14,15)(H2,13,16,17). The highest BCUT2D eigenvalue weighted by atomic mass is 32.2. The number of sulfonamides is 1. The predicted molar refractivity (Wildman–Crippen MR) is 69.3 cm³/mol. The zero-order valence-corrected chi connectivity index (χ0v) is 11.8. The van der Waals surface area contributed by atoms with Crippen molar-refractivity contribution in [2.45, 2.75) is 50.5 Å². The molecule has 19 heavy (non-hydrogen) atoms. The number of furan rings is 1. The third-order valence-corrected chi connectivity index (χ3v) is 4.47. The molecule has 1 amide bonds. The van der Waals surface area contributed by atoms with Crippen LogP contribution in [0.15, 0.2) is 9.31 Å². The van der Waals surface area contributed by atoms with Crippen LogP contribution in [0.4, 0.5) is 0 Å². The molecule has 106 valence electrons. The summed E-state index contributed by atoms with van der Waals surface area (Å²) in [6.45, 7) is 3.05. The lowest BCUT2D eigenvalue weighted by Crippen LogP contribution is -2.34. The lowest BCUT2D eigenvalue weighted by atomic mass is 10.2. The number of hydrogen-bond acceptors (Lipinski definition) is 4. The van der Waals surface area contributed by atoms with E-state index in [0.717, 1.165) is 25.7 Å². The van der Waals surface area contributed by atoms with E-state index >= 15 is 0 Å². The molecule has 1 saturated carbocycles. The van der Waals surface area contributed by atoms with Gasteiger partial charge in [0.1, 0.15) is 22.0 Å². The Morgan fingerprint density at radius 1 is 1.26 bits per heavy atom. The number of carbonyl (C=O) groups excluding carboxylic acids is 1. The van der Waals surface area contributed by atoms with E-state index in [0.29, 0.717) is 0 Å². The molecule has 2 rings (SSSR count). The van der Waals surface area contributed by atoms with Gasteiger partial charge in [0.15, 0.2) is 0 Å². The number of rotatable bonds is 3. The molecule has 0 aromatic carbocycles. The van der Waals surface area contributed by atoms with Crippen LogP contribution in [-0.2, 0) is 10.0 Å². The van der Waals surface area contributed by atoms with Gasteiger partial charge >= 0.3 is 0 Å². The SMILES string of the molecule is Cc1oc(C)c(S(N)(=O)=O)c1C(=O)NC1CCCC1. The number of primary sulfonamides is 1. The summed E-state index contributed by atoms with van der Waals surface area (Å²) < 4.78 is 28.4. The predicted octanol–water partition coefficient (Wildman–Crippen LogP) is 1.22. The summed E-state index contributed by atoms with van der Waals surface area (Å²) in [5.74, 6) is -0.00105. The summed E-state index contributed by atoms with van der Waals surface area (Å²) in [7, 11) is -3.98. The first-order valence-corrected chi connectivity index (χ1v) is 7.79. The Morgan fingerprint density at radius 2 is 1.84 bits per heavy atom. The summed E-state index contributed by atoms with van der Waals surface area (Å²) in [5, 5.41) is 7.99. The molecule has 0 atom stereocenters. The third kappa shape index (κ3) is 2.82. The summed E-state index contributed by atoms with van der Waals surface area (Å²) in [6.07, 6.45) is 4.01. The van der Waals surface area contributed by atoms with E-state index in [1.54, 1.807) is 6.92 Å². The Balaban J connectivity index is 2.35. The summed E-state index contributed by atoms with van der Waals surface area (Å²) in [5.41, 5.74) is 0.0342. The van der Waals surface area contributed by atoms with Crippen molar-refractivity contribution >= 4 is 15.9 Å². The van der Waals surface area contributed by atoms with Gasteiger partial charge in [-0.05, 0) is 26.7 Å². The maximum atomic E-state index is 12.2. The highest BCUT2D eigenvalue weighted by Gasteiger charge is 2.30. The van der Waals surface area contributed by atoms with Crippen LogP contribution in [0, 0.1) is 13.8 Å². The van der Waals surface area contributed by atoms with E-state index in [9.17, 15) is 13.2 Å². The molecule has 0 aliphatic heterocycles. The second kappa shape index (κ2) is 4.97. The summed E-state index contributed by atoms with van der Waals surface area (Å²) in [6, 6.07) is 0.107. The minimum atomic E-state index is -3.98. The van der Waals surface area contributed by atoms with Gasteiger partial charge in [-0.25, -0.2) is 13.6 Å². The first kappa shape index (κ1) is 14.1. The molecule has 3 N–H and O–H groups in total. The first-order valence-electron chi connectivity index (χ1n) is 6.24. The van der Waals surface area contributed by atoms with Crippen LogP contribution in [-0.4, -0.2) is 20.4 Å². The van der Waals surface area contributed by atoms with Crippen molar-refractivity contribution in [1.29, 1.82) is 0 Å². The number of carbonyl (C=O) groups is 1. The van der Waals surface area contributed by atoms with E-state index in [1.807, 2.05) is 0 Å². The fourth-order valence-corrected chi connectivity index (χ4v) is 3.56. The van der Waals surface area contributed by atoms with Crippen molar-refractivity contribution in [3.05, 3.63) is 17.1 Å². The van der Waals surface area contributed by atoms with Gasteiger partial charge in [-0.3, -0.25) is 4.79 Å². The van der Waals surface area contributed by atoms with Crippen molar-refractivity contribution in [2.24, 2.45) is 5.14 Å². The smallest absolute Gasteiger partial charge is 0.256 e. The lowest BCUT2D eigenvalue weighted by molar-refractivity contribution is 0.0933. The molecule has 1 fully saturated rings. The van der Waals surface area contributed by atoms with Gasteiger partial charge in [-0.2, -0.15) is 0 Å². The highest BCUT2D eigenvalue weighted by Crippen LogP contribution is 2.26. The molecule has 0 unspecified atom stereocenters. The number of amides is 1. The Bertz CT molecular complexity index is 597. The quantitative estimate of drug-likeness (QED) is 0.871. The average molecular weight is 286 g/mol. The molecular weight excluding hydrogens is 268 g/mol. The van der Waals surface area contributed by atoms with Gasteiger partial charge in [-0.1, -0.05) is 12.8 Å². The number of nitrogens with one attached hydrogen (secondary N) is 1. The second-order valence-corrected chi connectivity index (χ2v) is 6.42. The van der Waals surface area contributed by atoms with E-state index in [2.05, 4.69) is 5.32 Å². The van der Waals surface area contributed by atoms with Crippen LogP contribution in [0.1, 0.15) is 47.6 Å². The van der Waals surface area contributed by atoms with Crippen LogP contribution in [0.3, 0.4) is 0 Å². The molecule has 1 aromatic heterocycles. The van der Waals surface area contributed by atoms with Gasteiger partial charge in [0, 0.05) is 6.04 Å². The molecule has 0 bridgehead atoms. The zero-order valence-electron chi connectivity index (χ0n) is 11.0. The molecular formula is C12H18N2O4S. The van der Waals surface area contributed by atoms with Crippen LogP contribution in [0.5, 0.6) is 0 Å². The molecule has 6 nitrogen and oxygen atoms in total. The van der Waals surface area contributed by atoms with E-state index in [1.165, 1.54) is 6.92 Å². The van der Waals surface area contributed by atoms with Crippen molar-refractivity contribution in [2.75, 3.05) is 0 Å². The third-order valence-electron chi connectivity index (χ3n) is 3.41. The fourth-order valence-electron chi connectivity index (χ4n) is 2.60. The Labute approximate surface area is 112 Å².